The molecule has 2 unspecified atom stereocenters. The predicted molar refractivity (Wildman–Crippen MR) is 78.0 cm³/mol. The van der Waals surface area contributed by atoms with E-state index in [1.54, 1.807) is 0 Å². The summed E-state index contributed by atoms with van der Waals surface area (Å²) in [5, 5.41) is 22.9. The number of aliphatic carboxylic acids is 1. The summed E-state index contributed by atoms with van der Waals surface area (Å²) in [5.74, 6) is -0.845. The van der Waals surface area contributed by atoms with Crippen molar-refractivity contribution in [2.75, 3.05) is 6.54 Å². The third-order valence-electron chi connectivity index (χ3n) is 4.07. The van der Waals surface area contributed by atoms with Crippen LogP contribution in [0.15, 0.2) is 12.1 Å². The summed E-state index contributed by atoms with van der Waals surface area (Å²) < 4.78 is 0. The van der Waals surface area contributed by atoms with Gasteiger partial charge in [0.25, 0.3) is 0 Å². The Kier molecular flexibility index (Phi) is 3.78. The molecule has 0 aromatic heterocycles. The van der Waals surface area contributed by atoms with Crippen molar-refractivity contribution < 1.29 is 15.0 Å². The largest absolute Gasteiger partial charge is 0.507 e. The highest BCUT2D eigenvalue weighted by Crippen LogP contribution is 2.40. The number of rotatable bonds is 2. The maximum atomic E-state index is 11.1. The highest BCUT2D eigenvalue weighted by Gasteiger charge is 2.33. The molecule has 0 radical (unpaired) electrons. The van der Waals surface area contributed by atoms with Crippen LogP contribution in [0.3, 0.4) is 0 Å². The Morgan fingerprint density at radius 2 is 2.00 bits per heavy atom. The first kappa shape index (κ1) is 14.9. The molecule has 20 heavy (non-hydrogen) atoms. The van der Waals surface area contributed by atoms with Crippen LogP contribution in [0.25, 0.3) is 0 Å². The van der Waals surface area contributed by atoms with Gasteiger partial charge in [0.1, 0.15) is 5.75 Å². The first-order valence-electron chi connectivity index (χ1n) is 7.01. The smallest absolute Gasteiger partial charge is 0.307 e. The van der Waals surface area contributed by atoms with Gasteiger partial charge in [0.2, 0.25) is 0 Å². The summed E-state index contributed by atoms with van der Waals surface area (Å²) in [6.45, 7) is 8.59. The maximum Gasteiger partial charge on any atom is 0.307 e. The van der Waals surface area contributed by atoms with Crippen molar-refractivity contribution in [3.05, 3.63) is 28.8 Å². The molecule has 1 saturated heterocycles. The van der Waals surface area contributed by atoms with Gasteiger partial charge in [0.15, 0.2) is 0 Å². The Hall–Kier alpha value is -1.55. The topological polar surface area (TPSA) is 69.6 Å². The number of phenolic OH excluding ortho intramolecular Hbond substituents is 1. The first-order chi connectivity index (χ1) is 9.21. The van der Waals surface area contributed by atoms with Crippen molar-refractivity contribution in [3.63, 3.8) is 0 Å². The average molecular weight is 277 g/mol. The molecule has 1 aromatic rings. The Morgan fingerprint density at radius 3 is 2.50 bits per heavy atom. The van der Waals surface area contributed by atoms with Gasteiger partial charge in [0, 0.05) is 18.2 Å². The number of carbonyl (C=O) groups is 1. The van der Waals surface area contributed by atoms with E-state index < -0.39 is 5.97 Å². The van der Waals surface area contributed by atoms with Crippen LogP contribution < -0.4 is 5.32 Å². The number of aromatic hydroxyl groups is 1. The molecule has 0 amide bonds. The summed E-state index contributed by atoms with van der Waals surface area (Å²) in [4.78, 5) is 11.1. The number of phenols is 1. The van der Waals surface area contributed by atoms with Gasteiger partial charge in [0.05, 0.1) is 5.92 Å². The zero-order valence-electron chi connectivity index (χ0n) is 12.5. The van der Waals surface area contributed by atoms with Gasteiger partial charge in [-0.2, -0.15) is 0 Å². The fourth-order valence-electron chi connectivity index (χ4n) is 2.90. The van der Waals surface area contributed by atoms with E-state index in [4.69, 9.17) is 5.11 Å². The minimum Gasteiger partial charge on any atom is -0.507 e. The van der Waals surface area contributed by atoms with Crippen molar-refractivity contribution in [2.24, 2.45) is 5.92 Å². The number of hydrogen-bond donors (Lipinski definition) is 3. The van der Waals surface area contributed by atoms with Crippen LogP contribution in [0.5, 0.6) is 5.75 Å². The number of nitrogens with one attached hydrogen (secondary N) is 1. The number of carboxylic acid groups (broad SMARTS) is 1. The molecule has 0 bridgehead atoms. The van der Waals surface area contributed by atoms with E-state index in [0.29, 0.717) is 18.7 Å². The fraction of sp³-hybridized carbons (Fsp3) is 0.562. The average Bonchev–Trinajstić information content (AvgIpc) is 2.76. The van der Waals surface area contributed by atoms with E-state index in [9.17, 15) is 9.90 Å². The molecule has 0 spiro atoms. The third-order valence-corrected chi connectivity index (χ3v) is 4.07. The molecular formula is C16H23NO3. The zero-order chi connectivity index (χ0) is 15.1. The van der Waals surface area contributed by atoms with Gasteiger partial charge in [-0.05, 0) is 29.9 Å². The van der Waals surface area contributed by atoms with Crippen LogP contribution in [-0.4, -0.2) is 22.7 Å². The van der Waals surface area contributed by atoms with Crippen LogP contribution in [0.1, 0.15) is 49.9 Å². The molecule has 2 rings (SSSR count). The Bertz CT molecular complexity index is 531. The summed E-state index contributed by atoms with van der Waals surface area (Å²) in [6.07, 6.45) is 0.525. The number of aryl methyl sites for hydroxylation is 1. The Labute approximate surface area is 119 Å². The van der Waals surface area contributed by atoms with Gasteiger partial charge in [-0.25, -0.2) is 0 Å². The van der Waals surface area contributed by atoms with Crippen LogP contribution in [0.4, 0.5) is 0 Å². The third kappa shape index (κ3) is 2.66. The van der Waals surface area contributed by atoms with E-state index >= 15 is 0 Å². The molecule has 4 nitrogen and oxygen atoms in total. The second-order valence-electron chi connectivity index (χ2n) is 6.67. The highest BCUT2D eigenvalue weighted by molar-refractivity contribution is 5.71. The van der Waals surface area contributed by atoms with Crippen LogP contribution >= 0.6 is 0 Å². The minimum absolute atomic E-state index is 0.0848. The normalized spacial score (nSPS) is 23.0. The lowest BCUT2D eigenvalue weighted by Crippen LogP contribution is -2.18. The van der Waals surface area contributed by atoms with Crippen LogP contribution in [0.2, 0.25) is 0 Å². The number of hydrogen-bond acceptors (Lipinski definition) is 3. The standard InChI is InChI=1S/C16H23NO3/c1-9-5-6-11(16(2,3)4)14(18)13(9)12-7-10(8-17-12)15(19)20/h5-6,10,12,17-18H,7-8H2,1-4H3,(H,19,20). The summed E-state index contributed by atoms with van der Waals surface area (Å²) in [7, 11) is 0. The summed E-state index contributed by atoms with van der Waals surface area (Å²) in [6, 6.07) is 3.88. The quantitative estimate of drug-likeness (QED) is 0.777. The molecule has 1 aliphatic heterocycles. The summed E-state index contributed by atoms with van der Waals surface area (Å²) in [5.41, 5.74) is 2.61. The van der Waals surface area contributed by atoms with Crippen molar-refractivity contribution in [1.29, 1.82) is 0 Å². The van der Waals surface area contributed by atoms with E-state index in [1.807, 2.05) is 19.1 Å². The van der Waals surface area contributed by atoms with Crippen LogP contribution in [0, 0.1) is 12.8 Å². The van der Waals surface area contributed by atoms with Gasteiger partial charge in [-0.3, -0.25) is 4.79 Å². The van der Waals surface area contributed by atoms with Gasteiger partial charge in [-0.1, -0.05) is 32.9 Å². The van der Waals surface area contributed by atoms with Crippen molar-refractivity contribution in [3.8, 4) is 5.75 Å². The second kappa shape index (κ2) is 5.09. The van der Waals surface area contributed by atoms with Gasteiger partial charge < -0.3 is 15.5 Å². The molecule has 2 atom stereocenters. The number of benzene rings is 1. The van der Waals surface area contributed by atoms with E-state index in [0.717, 1.165) is 16.7 Å². The van der Waals surface area contributed by atoms with Crippen LogP contribution in [-0.2, 0) is 10.2 Å². The molecule has 1 heterocycles. The minimum atomic E-state index is -0.774. The first-order valence-corrected chi connectivity index (χ1v) is 7.01. The lowest BCUT2D eigenvalue weighted by molar-refractivity contribution is -0.141. The van der Waals surface area contributed by atoms with Gasteiger partial charge >= 0.3 is 5.97 Å². The van der Waals surface area contributed by atoms with E-state index in [1.165, 1.54) is 0 Å². The monoisotopic (exact) mass is 277 g/mol. The molecule has 1 aliphatic rings. The second-order valence-corrected chi connectivity index (χ2v) is 6.67. The number of carboxylic acids is 1. The highest BCUT2D eigenvalue weighted by atomic mass is 16.4. The Morgan fingerprint density at radius 1 is 1.35 bits per heavy atom. The fourth-order valence-corrected chi connectivity index (χ4v) is 2.90. The molecule has 1 aromatic carbocycles. The molecule has 110 valence electrons. The lowest BCUT2D eigenvalue weighted by atomic mass is 9.82. The van der Waals surface area contributed by atoms with Crippen molar-refractivity contribution in [2.45, 2.75) is 45.6 Å². The Balaban J connectivity index is 2.40. The zero-order valence-corrected chi connectivity index (χ0v) is 12.5. The van der Waals surface area contributed by atoms with E-state index in [-0.39, 0.29) is 17.4 Å². The molecule has 3 N–H and O–H groups in total. The molecule has 0 aliphatic carbocycles. The lowest BCUT2D eigenvalue weighted by Gasteiger charge is -2.25. The maximum absolute atomic E-state index is 11.1. The molecule has 1 fully saturated rings. The predicted octanol–water partition coefficient (Wildman–Crippen LogP) is 2.73. The van der Waals surface area contributed by atoms with Crippen molar-refractivity contribution >= 4 is 5.97 Å². The van der Waals surface area contributed by atoms with E-state index in [2.05, 4.69) is 26.1 Å². The molecular weight excluding hydrogens is 254 g/mol. The SMILES string of the molecule is Cc1ccc(C(C)(C)C)c(O)c1C1CC(C(=O)O)CN1. The summed E-state index contributed by atoms with van der Waals surface area (Å²) >= 11 is 0. The van der Waals surface area contributed by atoms with Crippen molar-refractivity contribution in [1.82, 2.24) is 5.32 Å². The van der Waals surface area contributed by atoms with Gasteiger partial charge in [-0.15, -0.1) is 0 Å². The molecule has 0 saturated carbocycles. The molecule has 4 heteroatoms.